The van der Waals surface area contributed by atoms with Gasteiger partial charge in [-0.25, -0.2) is 4.98 Å². The van der Waals surface area contributed by atoms with Crippen molar-refractivity contribution in [1.82, 2.24) is 15.3 Å². The number of aliphatic hydroxyl groups is 2. The van der Waals surface area contributed by atoms with E-state index in [0.29, 0.717) is 11.8 Å². The summed E-state index contributed by atoms with van der Waals surface area (Å²) in [5.74, 6) is 1.07. The maximum absolute atomic E-state index is 9.74. The van der Waals surface area contributed by atoms with Gasteiger partial charge in [-0.3, -0.25) is 0 Å². The highest BCUT2D eigenvalue weighted by molar-refractivity contribution is 5.84. The summed E-state index contributed by atoms with van der Waals surface area (Å²) in [6.07, 6.45) is -1.80. The van der Waals surface area contributed by atoms with Gasteiger partial charge in [0.1, 0.15) is 12.7 Å². The number of ether oxygens (including phenoxy) is 1. The van der Waals surface area contributed by atoms with Crippen LogP contribution in [0.25, 0.3) is 10.9 Å². The topological polar surface area (TPSA) is 90.7 Å². The predicted molar refractivity (Wildman–Crippen MR) is 87.8 cm³/mol. The van der Waals surface area contributed by atoms with Gasteiger partial charge in [-0.1, -0.05) is 12.1 Å². The Hall–Kier alpha value is -1.96. The molecule has 0 spiro atoms. The first-order valence-electron chi connectivity index (χ1n) is 7.86. The molecule has 0 unspecified atom stereocenters. The average molecular weight is 318 g/mol. The molecular formula is C16H22N4O3. The molecule has 0 radical (unpaired) electrons. The Morgan fingerprint density at radius 3 is 2.70 bits per heavy atom. The van der Waals surface area contributed by atoms with E-state index in [1.54, 1.807) is 0 Å². The molecule has 1 aliphatic rings. The molecular weight excluding hydrogens is 296 g/mol. The number of rotatable bonds is 5. The van der Waals surface area contributed by atoms with Gasteiger partial charge in [-0.05, 0) is 19.1 Å². The third-order valence-electron chi connectivity index (χ3n) is 3.90. The zero-order chi connectivity index (χ0) is 16.2. The second-order valence-corrected chi connectivity index (χ2v) is 5.70. The summed E-state index contributed by atoms with van der Waals surface area (Å²) in [5.41, 5.74) is 0.803. The van der Waals surface area contributed by atoms with Crippen LogP contribution < -0.4 is 15.0 Å². The van der Waals surface area contributed by atoms with Crippen LogP contribution in [-0.2, 0) is 0 Å². The SMILES string of the molecule is C[C@@H](O)[C@H](O)COc1nc(N2CCNCC2)nc2ccccc12. The minimum atomic E-state index is -0.952. The molecule has 1 aromatic heterocycles. The Morgan fingerprint density at radius 2 is 1.96 bits per heavy atom. The van der Waals surface area contributed by atoms with E-state index in [1.165, 1.54) is 6.92 Å². The van der Waals surface area contributed by atoms with Gasteiger partial charge in [-0.2, -0.15) is 4.98 Å². The average Bonchev–Trinajstić information content (AvgIpc) is 2.59. The van der Waals surface area contributed by atoms with Crippen LogP contribution in [0.1, 0.15) is 6.92 Å². The summed E-state index contributed by atoms with van der Waals surface area (Å²) in [7, 11) is 0. The predicted octanol–water partition coefficient (Wildman–Crippen LogP) is 0.160. The molecule has 7 heteroatoms. The maximum atomic E-state index is 9.74. The van der Waals surface area contributed by atoms with Gasteiger partial charge in [0.15, 0.2) is 0 Å². The zero-order valence-corrected chi connectivity index (χ0v) is 13.1. The normalized spacial score (nSPS) is 18.0. The molecule has 7 nitrogen and oxygen atoms in total. The quantitative estimate of drug-likeness (QED) is 0.723. The van der Waals surface area contributed by atoms with Crippen molar-refractivity contribution in [3.8, 4) is 5.88 Å². The lowest BCUT2D eigenvalue weighted by molar-refractivity contribution is 0.00167. The lowest BCUT2D eigenvalue weighted by Crippen LogP contribution is -2.44. The van der Waals surface area contributed by atoms with Gasteiger partial charge < -0.3 is 25.2 Å². The summed E-state index contributed by atoms with van der Waals surface area (Å²) < 4.78 is 5.67. The number of aromatic nitrogens is 2. The summed E-state index contributed by atoms with van der Waals surface area (Å²) in [4.78, 5) is 11.3. The van der Waals surface area contributed by atoms with Crippen LogP contribution in [0.4, 0.5) is 5.95 Å². The van der Waals surface area contributed by atoms with E-state index in [2.05, 4.69) is 20.2 Å². The second kappa shape index (κ2) is 7.08. The Balaban J connectivity index is 1.90. The minimum Gasteiger partial charge on any atom is -0.474 e. The molecule has 23 heavy (non-hydrogen) atoms. The highest BCUT2D eigenvalue weighted by Gasteiger charge is 2.18. The summed E-state index contributed by atoms with van der Waals surface area (Å²) in [5, 5.41) is 23.2. The third-order valence-corrected chi connectivity index (χ3v) is 3.90. The van der Waals surface area contributed by atoms with Gasteiger partial charge >= 0.3 is 0 Å². The van der Waals surface area contributed by atoms with Crippen molar-refractivity contribution in [3.05, 3.63) is 24.3 Å². The number of fused-ring (bicyclic) bond motifs is 1. The highest BCUT2D eigenvalue weighted by atomic mass is 16.5. The molecule has 0 amide bonds. The van der Waals surface area contributed by atoms with Crippen LogP contribution in [0.3, 0.4) is 0 Å². The first kappa shape index (κ1) is 15.9. The molecule has 1 saturated heterocycles. The van der Waals surface area contributed by atoms with Gasteiger partial charge in [0, 0.05) is 26.2 Å². The molecule has 2 heterocycles. The van der Waals surface area contributed by atoms with Crippen molar-refractivity contribution in [2.24, 2.45) is 0 Å². The molecule has 3 N–H and O–H groups in total. The molecule has 2 atom stereocenters. The van der Waals surface area contributed by atoms with E-state index in [1.807, 2.05) is 24.3 Å². The van der Waals surface area contributed by atoms with Gasteiger partial charge in [0.2, 0.25) is 11.8 Å². The minimum absolute atomic E-state index is 0.0142. The number of nitrogens with one attached hydrogen (secondary N) is 1. The van der Waals surface area contributed by atoms with Crippen molar-refractivity contribution < 1.29 is 14.9 Å². The number of aliphatic hydroxyl groups excluding tert-OH is 2. The molecule has 0 aliphatic carbocycles. The van der Waals surface area contributed by atoms with Crippen LogP contribution in [0, 0.1) is 0 Å². The number of nitrogens with zero attached hydrogens (tertiary/aromatic N) is 3. The highest BCUT2D eigenvalue weighted by Crippen LogP contribution is 2.25. The first-order valence-corrected chi connectivity index (χ1v) is 7.86. The number of hydrogen-bond acceptors (Lipinski definition) is 7. The van der Waals surface area contributed by atoms with E-state index >= 15 is 0 Å². The van der Waals surface area contributed by atoms with E-state index in [0.717, 1.165) is 37.1 Å². The van der Waals surface area contributed by atoms with Crippen molar-refractivity contribution in [2.75, 3.05) is 37.7 Å². The lowest BCUT2D eigenvalue weighted by atomic mass is 10.2. The fourth-order valence-electron chi connectivity index (χ4n) is 2.46. The fourth-order valence-corrected chi connectivity index (χ4v) is 2.46. The number of benzene rings is 1. The Labute approximate surface area is 134 Å². The Bertz CT molecular complexity index is 659. The van der Waals surface area contributed by atoms with Crippen molar-refractivity contribution in [1.29, 1.82) is 0 Å². The van der Waals surface area contributed by atoms with E-state index in [9.17, 15) is 10.2 Å². The molecule has 2 aromatic rings. The van der Waals surface area contributed by atoms with E-state index < -0.39 is 12.2 Å². The van der Waals surface area contributed by atoms with Gasteiger partial charge in [0.25, 0.3) is 0 Å². The smallest absolute Gasteiger partial charge is 0.229 e. The first-order chi connectivity index (χ1) is 11.1. The number of hydrogen-bond donors (Lipinski definition) is 3. The number of anilines is 1. The van der Waals surface area contributed by atoms with E-state index in [-0.39, 0.29) is 6.61 Å². The molecule has 1 aliphatic heterocycles. The van der Waals surface area contributed by atoms with Crippen LogP contribution in [0.2, 0.25) is 0 Å². The third kappa shape index (κ3) is 3.69. The van der Waals surface area contributed by atoms with Crippen molar-refractivity contribution in [2.45, 2.75) is 19.1 Å². The van der Waals surface area contributed by atoms with Crippen LogP contribution in [0.15, 0.2) is 24.3 Å². The summed E-state index contributed by atoms with van der Waals surface area (Å²) in [6.45, 7) is 4.99. The molecule has 124 valence electrons. The molecule has 0 saturated carbocycles. The standard InChI is InChI=1S/C16H22N4O3/c1-11(21)14(22)10-23-15-12-4-2-3-5-13(12)18-16(19-15)20-8-6-17-7-9-20/h2-5,11,14,17,21-22H,6-10H2,1H3/t11-,14-/m1/s1. The largest absolute Gasteiger partial charge is 0.474 e. The lowest BCUT2D eigenvalue weighted by Gasteiger charge is -2.27. The maximum Gasteiger partial charge on any atom is 0.229 e. The van der Waals surface area contributed by atoms with Crippen molar-refractivity contribution >= 4 is 16.9 Å². The summed E-state index contributed by atoms with van der Waals surface area (Å²) >= 11 is 0. The Morgan fingerprint density at radius 1 is 1.22 bits per heavy atom. The number of piperazine rings is 1. The van der Waals surface area contributed by atoms with Gasteiger partial charge in [0.05, 0.1) is 17.0 Å². The van der Waals surface area contributed by atoms with Gasteiger partial charge in [-0.15, -0.1) is 0 Å². The monoisotopic (exact) mass is 318 g/mol. The zero-order valence-electron chi connectivity index (χ0n) is 13.1. The Kier molecular flexibility index (Phi) is 4.90. The molecule has 1 fully saturated rings. The summed E-state index contributed by atoms with van der Waals surface area (Å²) in [6, 6.07) is 7.63. The van der Waals surface area contributed by atoms with Crippen LogP contribution in [-0.4, -0.2) is 65.2 Å². The molecule has 1 aromatic carbocycles. The fraction of sp³-hybridized carbons (Fsp3) is 0.500. The molecule has 0 bridgehead atoms. The van der Waals surface area contributed by atoms with Crippen LogP contribution in [0.5, 0.6) is 5.88 Å². The molecule has 3 rings (SSSR count). The van der Waals surface area contributed by atoms with Crippen molar-refractivity contribution in [3.63, 3.8) is 0 Å². The second-order valence-electron chi connectivity index (χ2n) is 5.70. The number of para-hydroxylation sites is 1. The van der Waals surface area contributed by atoms with Crippen LogP contribution >= 0.6 is 0 Å². The van der Waals surface area contributed by atoms with E-state index in [4.69, 9.17) is 4.74 Å².